The van der Waals surface area contributed by atoms with Crippen LogP contribution in [0.3, 0.4) is 0 Å². The molecule has 0 radical (unpaired) electrons. The van der Waals surface area contributed by atoms with Gasteiger partial charge in [-0.25, -0.2) is 0 Å². The minimum absolute atomic E-state index is 0.175. The van der Waals surface area contributed by atoms with Gasteiger partial charge in [0.2, 0.25) is 5.91 Å². The van der Waals surface area contributed by atoms with E-state index in [1.807, 2.05) is 23.1 Å². The molecular formula is C14H18N2O2. The average molecular weight is 246 g/mol. The summed E-state index contributed by atoms with van der Waals surface area (Å²) >= 11 is 0. The molecule has 0 spiro atoms. The predicted octanol–water partition coefficient (Wildman–Crippen LogP) is 1.73. The highest BCUT2D eigenvalue weighted by Crippen LogP contribution is 2.31. The molecule has 1 saturated heterocycles. The fourth-order valence-corrected chi connectivity index (χ4v) is 2.79. The quantitative estimate of drug-likeness (QED) is 0.826. The van der Waals surface area contributed by atoms with Crippen LogP contribution in [0.2, 0.25) is 0 Å². The third-order valence-electron chi connectivity index (χ3n) is 3.74. The van der Waals surface area contributed by atoms with Gasteiger partial charge < -0.3 is 15.4 Å². The molecule has 1 fully saturated rings. The maximum Gasteiger partial charge on any atom is 0.231 e. The Morgan fingerprint density at radius 1 is 1.44 bits per heavy atom. The lowest BCUT2D eigenvalue weighted by Crippen LogP contribution is -2.30. The molecule has 0 aliphatic carbocycles. The summed E-state index contributed by atoms with van der Waals surface area (Å²) in [5, 5.41) is 0. The first kappa shape index (κ1) is 11.5. The maximum atomic E-state index is 12.0. The van der Waals surface area contributed by atoms with E-state index in [1.54, 1.807) is 0 Å². The third kappa shape index (κ3) is 2.08. The highest BCUT2D eigenvalue weighted by molar-refractivity contribution is 6.01. The van der Waals surface area contributed by atoms with E-state index in [1.165, 1.54) is 0 Å². The average Bonchev–Trinajstić information content (AvgIpc) is 2.93. The molecule has 2 aliphatic rings. The third-order valence-corrected chi connectivity index (χ3v) is 3.74. The summed E-state index contributed by atoms with van der Waals surface area (Å²) in [5.74, 6) is 0.175. The zero-order valence-corrected chi connectivity index (χ0v) is 10.4. The predicted molar refractivity (Wildman–Crippen MR) is 70.5 cm³/mol. The number of anilines is 2. The van der Waals surface area contributed by atoms with Crippen LogP contribution in [0.5, 0.6) is 0 Å². The summed E-state index contributed by atoms with van der Waals surface area (Å²) in [7, 11) is 0. The minimum Gasteiger partial charge on any atom is -0.399 e. The van der Waals surface area contributed by atoms with Crippen molar-refractivity contribution in [2.75, 3.05) is 23.8 Å². The van der Waals surface area contributed by atoms with Gasteiger partial charge in [-0.2, -0.15) is 0 Å². The van der Waals surface area contributed by atoms with Crippen molar-refractivity contribution < 1.29 is 9.53 Å². The van der Waals surface area contributed by atoms with Crippen molar-refractivity contribution in [3.8, 4) is 0 Å². The first-order chi connectivity index (χ1) is 8.74. The van der Waals surface area contributed by atoms with Gasteiger partial charge in [-0.1, -0.05) is 0 Å². The minimum atomic E-state index is 0.175. The molecule has 1 atom stereocenters. The molecule has 1 unspecified atom stereocenters. The molecule has 0 saturated carbocycles. The molecule has 4 heteroatoms. The Kier molecular flexibility index (Phi) is 2.96. The number of nitrogens with zero attached hydrogens (tertiary/aromatic N) is 1. The van der Waals surface area contributed by atoms with E-state index in [4.69, 9.17) is 10.5 Å². The number of ether oxygens (including phenoxy) is 1. The lowest BCUT2D eigenvalue weighted by Gasteiger charge is -2.19. The number of rotatable bonds is 3. The zero-order valence-electron chi connectivity index (χ0n) is 10.4. The molecule has 2 aliphatic heterocycles. The largest absolute Gasteiger partial charge is 0.399 e. The van der Waals surface area contributed by atoms with Crippen LogP contribution in [0.25, 0.3) is 0 Å². The second-order valence-corrected chi connectivity index (χ2v) is 5.03. The molecule has 1 amide bonds. The summed E-state index contributed by atoms with van der Waals surface area (Å²) < 4.78 is 5.60. The number of nitrogens with two attached hydrogens (primary N) is 1. The van der Waals surface area contributed by atoms with Gasteiger partial charge in [-0.05, 0) is 43.0 Å². The van der Waals surface area contributed by atoms with Crippen molar-refractivity contribution in [3.63, 3.8) is 0 Å². The summed E-state index contributed by atoms with van der Waals surface area (Å²) in [4.78, 5) is 13.9. The first-order valence-electron chi connectivity index (χ1n) is 6.54. The highest BCUT2D eigenvalue weighted by atomic mass is 16.5. The Hall–Kier alpha value is -1.55. The second kappa shape index (κ2) is 4.61. The Bertz CT molecular complexity index is 467. The second-order valence-electron chi connectivity index (χ2n) is 5.03. The summed E-state index contributed by atoms with van der Waals surface area (Å²) in [6, 6.07) is 5.71. The SMILES string of the molecule is Nc1ccc2c(c1)CC(=O)N2CCC1CCCO1. The van der Waals surface area contributed by atoms with E-state index in [0.717, 1.165) is 49.4 Å². The van der Waals surface area contributed by atoms with Gasteiger partial charge in [0.15, 0.2) is 0 Å². The van der Waals surface area contributed by atoms with Crippen molar-refractivity contribution in [3.05, 3.63) is 23.8 Å². The zero-order chi connectivity index (χ0) is 12.5. The van der Waals surface area contributed by atoms with E-state index in [2.05, 4.69) is 0 Å². The molecule has 18 heavy (non-hydrogen) atoms. The molecule has 0 aromatic heterocycles. The number of carbonyl (C=O) groups excluding carboxylic acids is 1. The van der Waals surface area contributed by atoms with Crippen LogP contribution in [0.4, 0.5) is 11.4 Å². The van der Waals surface area contributed by atoms with E-state index < -0.39 is 0 Å². The Morgan fingerprint density at radius 3 is 3.11 bits per heavy atom. The number of hydrogen-bond acceptors (Lipinski definition) is 3. The van der Waals surface area contributed by atoms with Gasteiger partial charge in [0.25, 0.3) is 0 Å². The number of fused-ring (bicyclic) bond motifs is 1. The molecular weight excluding hydrogens is 228 g/mol. The van der Waals surface area contributed by atoms with E-state index in [-0.39, 0.29) is 5.91 Å². The molecule has 96 valence electrons. The fourth-order valence-electron chi connectivity index (χ4n) is 2.79. The summed E-state index contributed by atoms with van der Waals surface area (Å²) in [6.07, 6.45) is 4.00. The van der Waals surface area contributed by atoms with Gasteiger partial charge in [-0.3, -0.25) is 4.79 Å². The van der Waals surface area contributed by atoms with Crippen molar-refractivity contribution in [1.29, 1.82) is 0 Å². The van der Waals surface area contributed by atoms with Crippen LogP contribution in [-0.2, 0) is 16.0 Å². The molecule has 2 heterocycles. The number of carbonyl (C=O) groups is 1. The highest BCUT2D eigenvalue weighted by Gasteiger charge is 2.28. The first-order valence-corrected chi connectivity index (χ1v) is 6.54. The number of hydrogen-bond donors (Lipinski definition) is 1. The Balaban J connectivity index is 1.71. The van der Waals surface area contributed by atoms with Crippen LogP contribution in [0.15, 0.2) is 18.2 Å². The van der Waals surface area contributed by atoms with Crippen LogP contribution in [0.1, 0.15) is 24.8 Å². The normalized spacial score (nSPS) is 22.6. The van der Waals surface area contributed by atoms with Gasteiger partial charge in [0.1, 0.15) is 0 Å². The standard InChI is InChI=1S/C14H18N2O2/c15-11-3-4-13-10(8-11)9-14(17)16(13)6-5-12-2-1-7-18-12/h3-4,8,12H,1-2,5-7,9,15H2. The topological polar surface area (TPSA) is 55.6 Å². The fraction of sp³-hybridized carbons (Fsp3) is 0.500. The van der Waals surface area contributed by atoms with Crippen LogP contribution in [0, 0.1) is 0 Å². The number of amides is 1. The number of nitrogen functional groups attached to an aromatic ring is 1. The van der Waals surface area contributed by atoms with E-state index in [0.29, 0.717) is 12.5 Å². The maximum absolute atomic E-state index is 12.0. The smallest absolute Gasteiger partial charge is 0.231 e. The monoisotopic (exact) mass is 246 g/mol. The molecule has 1 aromatic rings. The lowest BCUT2D eigenvalue weighted by atomic mass is 10.1. The molecule has 3 rings (SSSR count). The summed E-state index contributed by atoms with van der Waals surface area (Å²) in [6.45, 7) is 1.62. The van der Waals surface area contributed by atoms with Gasteiger partial charge in [0, 0.05) is 24.5 Å². The van der Waals surface area contributed by atoms with Crippen molar-refractivity contribution in [2.45, 2.75) is 31.8 Å². The lowest BCUT2D eigenvalue weighted by molar-refractivity contribution is -0.117. The molecule has 1 aromatic carbocycles. The van der Waals surface area contributed by atoms with Gasteiger partial charge in [-0.15, -0.1) is 0 Å². The number of benzene rings is 1. The van der Waals surface area contributed by atoms with E-state index >= 15 is 0 Å². The van der Waals surface area contributed by atoms with Crippen LogP contribution >= 0.6 is 0 Å². The Labute approximate surface area is 107 Å². The van der Waals surface area contributed by atoms with Crippen LogP contribution < -0.4 is 10.6 Å². The Morgan fingerprint density at radius 2 is 2.33 bits per heavy atom. The van der Waals surface area contributed by atoms with Crippen molar-refractivity contribution in [1.82, 2.24) is 0 Å². The molecule has 4 nitrogen and oxygen atoms in total. The molecule has 0 bridgehead atoms. The van der Waals surface area contributed by atoms with Gasteiger partial charge in [0.05, 0.1) is 12.5 Å². The van der Waals surface area contributed by atoms with Gasteiger partial charge >= 0.3 is 0 Å². The van der Waals surface area contributed by atoms with Crippen LogP contribution in [-0.4, -0.2) is 25.2 Å². The van der Waals surface area contributed by atoms with Crippen molar-refractivity contribution >= 4 is 17.3 Å². The summed E-state index contributed by atoms with van der Waals surface area (Å²) in [5.41, 5.74) is 8.54. The van der Waals surface area contributed by atoms with Crippen molar-refractivity contribution in [2.24, 2.45) is 0 Å². The van der Waals surface area contributed by atoms with E-state index in [9.17, 15) is 4.79 Å². The molecule has 2 N–H and O–H groups in total.